The van der Waals surface area contributed by atoms with Crippen molar-refractivity contribution in [3.8, 4) is 11.1 Å². The number of aromatic nitrogens is 2. The average Bonchev–Trinajstić information content (AvgIpc) is 3.25. The lowest BCUT2D eigenvalue weighted by Gasteiger charge is -2.04. The van der Waals surface area contributed by atoms with Gasteiger partial charge >= 0.3 is 0 Å². The fraction of sp³-hybridized carbons (Fsp3) is 0.167. The van der Waals surface area contributed by atoms with Crippen LogP contribution in [0, 0.1) is 0 Å². The zero-order chi connectivity index (χ0) is 14.2. The van der Waals surface area contributed by atoms with Crippen LogP contribution in [0.1, 0.15) is 29.5 Å². The Bertz CT molecular complexity index is 747. The lowest BCUT2D eigenvalue weighted by Crippen LogP contribution is -1.91. The van der Waals surface area contributed by atoms with Gasteiger partial charge in [-0.15, -0.1) is 0 Å². The summed E-state index contributed by atoms with van der Waals surface area (Å²) in [5.74, 6) is 1.66. The Morgan fingerprint density at radius 3 is 2.29 bits per heavy atom. The number of nitrogens with two attached hydrogens (primary N) is 1. The van der Waals surface area contributed by atoms with Crippen molar-refractivity contribution in [2.45, 2.75) is 18.3 Å². The zero-order valence-corrected chi connectivity index (χ0v) is 11.7. The summed E-state index contributed by atoms with van der Waals surface area (Å²) in [6.07, 6.45) is 1.16. The molecule has 0 bridgehead atoms. The van der Waals surface area contributed by atoms with Gasteiger partial charge in [0.05, 0.1) is 0 Å². The fourth-order valence-electron chi connectivity index (χ4n) is 3.13. The number of H-pyrrole nitrogens is 1. The third-order valence-corrected chi connectivity index (χ3v) is 4.27. The smallest absolute Gasteiger partial charge is 0.153 e. The number of nitrogens with zero attached hydrogens (tertiary/aromatic N) is 1. The van der Waals surface area contributed by atoms with Crippen LogP contribution in [0.5, 0.6) is 0 Å². The van der Waals surface area contributed by atoms with Crippen LogP contribution in [-0.2, 0) is 0 Å². The molecular formula is C18H17N3. The van der Waals surface area contributed by atoms with Gasteiger partial charge in [-0.2, -0.15) is 5.10 Å². The number of nitrogens with one attached hydrogen (secondary N) is 1. The minimum atomic E-state index is 0.493. The third kappa shape index (κ3) is 2.11. The van der Waals surface area contributed by atoms with Crippen LogP contribution in [0.25, 0.3) is 11.1 Å². The predicted molar refractivity (Wildman–Crippen MR) is 85.0 cm³/mol. The Morgan fingerprint density at radius 2 is 1.57 bits per heavy atom. The van der Waals surface area contributed by atoms with E-state index in [1.54, 1.807) is 0 Å². The first-order valence-corrected chi connectivity index (χ1v) is 7.28. The lowest BCUT2D eigenvalue weighted by atomic mass is 10.0. The number of aromatic amines is 1. The molecule has 1 aliphatic rings. The minimum Gasteiger partial charge on any atom is -0.382 e. The van der Waals surface area contributed by atoms with Gasteiger partial charge in [-0.25, -0.2) is 0 Å². The predicted octanol–water partition coefficient (Wildman–Crippen LogP) is 3.93. The van der Waals surface area contributed by atoms with Crippen molar-refractivity contribution in [3.63, 3.8) is 0 Å². The Labute approximate surface area is 123 Å². The van der Waals surface area contributed by atoms with Gasteiger partial charge in [-0.1, -0.05) is 60.7 Å². The first kappa shape index (κ1) is 12.2. The molecule has 0 aliphatic heterocycles. The molecule has 3 heteroatoms. The van der Waals surface area contributed by atoms with E-state index < -0.39 is 0 Å². The molecule has 3 nitrogen and oxygen atoms in total. The zero-order valence-electron chi connectivity index (χ0n) is 11.7. The van der Waals surface area contributed by atoms with Crippen LogP contribution in [0.3, 0.4) is 0 Å². The average molecular weight is 275 g/mol. The number of hydrogen-bond donors (Lipinski definition) is 2. The Morgan fingerprint density at radius 1 is 0.905 bits per heavy atom. The highest BCUT2D eigenvalue weighted by Gasteiger charge is 2.42. The SMILES string of the molecule is Nc1n[nH]c(C2CC2c2ccccc2)c1-c1ccccc1. The van der Waals surface area contributed by atoms with Gasteiger partial charge in [0.15, 0.2) is 5.82 Å². The third-order valence-electron chi connectivity index (χ3n) is 4.27. The molecule has 2 aromatic carbocycles. The summed E-state index contributed by atoms with van der Waals surface area (Å²) in [5.41, 5.74) is 10.9. The maximum absolute atomic E-state index is 6.08. The van der Waals surface area contributed by atoms with E-state index in [9.17, 15) is 0 Å². The van der Waals surface area contributed by atoms with E-state index in [1.807, 2.05) is 18.2 Å². The quantitative estimate of drug-likeness (QED) is 0.761. The molecule has 4 rings (SSSR count). The lowest BCUT2D eigenvalue weighted by molar-refractivity contribution is 0.935. The van der Waals surface area contributed by atoms with Gasteiger partial charge < -0.3 is 5.73 Å². The number of rotatable bonds is 3. The largest absolute Gasteiger partial charge is 0.382 e. The summed E-state index contributed by atoms with van der Waals surface area (Å²) in [6.45, 7) is 0. The number of hydrogen-bond acceptors (Lipinski definition) is 2. The Hall–Kier alpha value is -2.55. The Balaban J connectivity index is 1.69. The van der Waals surface area contributed by atoms with Crippen molar-refractivity contribution in [1.82, 2.24) is 10.2 Å². The van der Waals surface area contributed by atoms with Crippen LogP contribution in [0.2, 0.25) is 0 Å². The molecule has 0 amide bonds. The molecule has 0 radical (unpaired) electrons. The summed E-state index contributed by atoms with van der Waals surface area (Å²) >= 11 is 0. The summed E-state index contributed by atoms with van der Waals surface area (Å²) in [5, 5.41) is 7.39. The van der Waals surface area contributed by atoms with Crippen molar-refractivity contribution in [2.24, 2.45) is 0 Å². The summed E-state index contributed by atoms with van der Waals surface area (Å²) in [6, 6.07) is 20.9. The second kappa shape index (κ2) is 4.77. The molecule has 21 heavy (non-hydrogen) atoms. The van der Waals surface area contributed by atoms with E-state index in [2.05, 4.69) is 52.7 Å². The highest BCUT2D eigenvalue weighted by atomic mass is 15.2. The van der Waals surface area contributed by atoms with Gasteiger partial charge in [-0.3, -0.25) is 5.10 Å². The van der Waals surface area contributed by atoms with E-state index >= 15 is 0 Å². The van der Waals surface area contributed by atoms with Crippen LogP contribution in [0.4, 0.5) is 5.82 Å². The monoisotopic (exact) mass is 275 g/mol. The van der Waals surface area contributed by atoms with E-state index in [1.165, 1.54) is 11.3 Å². The maximum Gasteiger partial charge on any atom is 0.153 e. The summed E-state index contributed by atoms with van der Waals surface area (Å²) in [4.78, 5) is 0. The minimum absolute atomic E-state index is 0.493. The van der Waals surface area contributed by atoms with Gasteiger partial charge in [-0.05, 0) is 23.5 Å². The van der Waals surface area contributed by atoms with Gasteiger partial charge in [0.25, 0.3) is 0 Å². The topological polar surface area (TPSA) is 54.7 Å². The molecule has 1 heterocycles. The molecule has 2 unspecified atom stereocenters. The van der Waals surface area contributed by atoms with Crippen molar-refractivity contribution in [2.75, 3.05) is 5.73 Å². The fourth-order valence-corrected chi connectivity index (χ4v) is 3.13. The van der Waals surface area contributed by atoms with Crippen molar-refractivity contribution < 1.29 is 0 Å². The molecule has 1 saturated carbocycles. The summed E-state index contributed by atoms with van der Waals surface area (Å²) < 4.78 is 0. The second-order valence-electron chi connectivity index (χ2n) is 5.62. The first-order chi connectivity index (χ1) is 10.3. The molecular weight excluding hydrogens is 258 g/mol. The van der Waals surface area contributed by atoms with Crippen molar-refractivity contribution in [1.29, 1.82) is 0 Å². The standard InChI is InChI=1S/C18H17N3/c19-18-16(13-9-5-2-6-10-13)17(20-21-18)15-11-14(15)12-7-3-1-4-8-12/h1-10,14-15H,11H2,(H3,19,20,21). The molecule has 104 valence electrons. The number of anilines is 1. The Kier molecular flexibility index (Phi) is 2.78. The van der Waals surface area contributed by atoms with Crippen LogP contribution in [0.15, 0.2) is 60.7 Å². The van der Waals surface area contributed by atoms with Gasteiger partial charge in [0.1, 0.15) is 0 Å². The van der Waals surface area contributed by atoms with Crippen LogP contribution < -0.4 is 5.73 Å². The number of nitrogen functional groups attached to an aromatic ring is 1. The van der Waals surface area contributed by atoms with E-state index in [0.29, 0.717) is 17.7 Å². The molecule has 1 fully saturated rings. The number of benzene rings is 2. The molecule has 3 N–H and O–H groups in total. The summed E-state index contributed by atoms with van der Waals surface area (Å²) in [7, 11) is 0. The van der Waals surface area contributed by atoms with Crippen molar-refractivity contribution >= 4 is 5.82 Å². The van der Waals surface area contributed by atoms with E-state index in [0.717, 1.165) is 17.5 Å². The van der Waals surface area contributed by atoms with Gasteiger partial charge in [0, 0.05) is 17.2 Å². The van der Waals surface area contributed by atoms with E-state index in [-0.39, 0.29) is 0 Å². The maximum atomic E-state index is 6.08. The molecule has 0 saturated heterocycles. The van der Waals surface area contributed by atoms with Crippen LogP contribution in [-0.4, -0.2) is 10.2 Å². The molecule has 1 aromatic heterocycles. The molecule has 1 aliphatic carbocycles. The van der Waals surface area contributed by atoms with Crippen LogP contribution >= 0.6 is 0 Å². The van der Waals surface area contributed by atoms with Gasteiger partial charge in [0.2, 0.25) is 0 Å². The molecule has 0 spiro atoms. The highest BCUT2D eigenvalue weighted by Crippen LogP contribution is 2.56. The molecule has 2 atom stereocenters. The molecule has 3 aromatic rings. The van der Waals surface area contributed by atoms with E-state index in [4.69, 9.17) is 5.73 Å². The normalized spacial score (nSPS) is 20.4. The van der Waals surface area contributed by atoms with Crippen molar-refractivity contribution in [3.05, 3.63) is 71.9 Å². The second-order valence-corrected chi connectivity index (χ2v) is 5.62. The highest BCUT2D eigenvalue weighted by molar-refractivity contribution is 5.77. The first-order valence-electron chi connectivity index (χ1n) is 7.28.